The van der Waals surface area contributed by atoms with Crippen LogP contribution < -0.4 is 5.32 Å². The van der Waals surface area contributed by atoms with Crippen molar-refractivity contribution in [2.24, 2.45) is 17.3 Å². The SMILES string of the molecule is CC(C)CNCC(C(C)C)N1CCC(C)(C)CC1. The highest BCUT2D eigenvalue weighted by Crippen LogP contribution is 2.31. The molecule has 1 fully saturated rings. The first kappa shape index (κ1) is 16.0. The summed E-state index contributed by atoms with van der Waals surface area (Å²) in [6, 6.07) is 0.708. The van der Waals surface area contributed by atoms with Gasteiger partial charge in [-0.3, -0.25) is 4.90 Å². The Kier molecular flexibility index (Phi) is 6.13. The van der Waals surface area contributed by atoms with Crippen LogP contribution in [0, 0.1) is 17.3 Å². The third-order valence-corrected chi connectivity index (χ3v) is 4.30. The van der Waals surface area contributed by atoms with Crippen molar-refractivity contribution in [3.05, 3.63) is 0 Å². The van der Waals surface area contributed by atoms with Crippen molar-refractivity contribution in [3.63, 3.8) is 0 Å². The zero-order chi connectivity index (χ0) is 13.8. The molecular formula is C16H34N2. The molecule has 0 amide bonds. The van der Waals surface area contributed by atoms with Crippen LogP contribution in [0.25, 0.3) is 0 Å². The summed E-state index contributed by atoms with van der Waals surface area (Å²) in [4.78, 5) is 2.71. The largest absolute Gasteiger partial charge is 0.315 e. The molecule has 1 aliphatic heterocycles. The number of nitrogens with zero attached hydrogens (tertiary/aromatic N) is 1. The van der Waals surface area contributed by atoms with E-state index in [0.717, 1.165) is 24.9 Å². The van der Waals surface area contributed by atoms with Crippen molar-refractivity contribution in [2.45, 2.75) is 60.4 Å². The van der Waals surface area contributed by atoms with Gasteiger partial charge in [-0.15, -0.1) is 0 Å². The quantitative estimate of drug-likeness (QED) is 0.782. The second-order valence-electron chi connectivity index (χ2n) is 7.56. The summed E-state index contributed by atoms with van der Waals surface area (Å²) in [5.41, 5.74) is 0.559. The minimum atomic E-state index is 0.559. The maximum absolute atomic E-state index is 3.64. The van der Waals surface area contributed by atoms with Crippen LogP contribution >= 0.6 is 0 Å². The molecule has 108 valence electrons. The molecule has 2 nitrogen and oxygen atoms in total. The van der Waals surface area contributed by atoms with E-state index in [1.807, 2.05) is 0 Å². The Morgan fingerprint density at radius 1 is 1.00 bits per heavy atom. The first-order valence-corrected chi connectivity index (χ1v) is 7.76. The van der Waals surface area contributed by atoms with Gasteiger partial charge < -0.3 is 5.32 Å². The van der Waals surface area contributed by atoms with Crippen LogP contribution in [0.4, 0.5) is 0 Å². The van der Waals surface area contributed by atoms with Crippen LogP contribution in [0.5, 0.6) is 0 Å². The molecule has 1 atom stereocenters. The summed E-state index contributed by atoms with van der Waals surface area (Å²) in [7, 11) is 0. The average molecular weight is 254 g/mol. The molecule has 1 heterocycles. The Balaban J connectivity index is 2.42. The van der Waals surface area contributed by atoms with Crippen LogP contribution in [-0.2, 0) is 0 Å². The summed E-state index contributed by atoms with van der Waals surface area (Å²) < 4.78 is 0. The first-order valence-electron chi connectivity index (χ1n) is 7.76. The fourth-order valence-electron chi connectivity index (χ4n) is 2.77. The van der Waals surface area contributed by atoms with Gasteiger partial charge in [-0.1, -0.05) is 41.5 Å². The van der Waals surface area contributed by atoms with Crippen LogP contribution in [0.3, 0.4) is 0 Å². The molecule has 0 bridgehead atoms. The molecule has 1 unspecified atom stereocenters. The molecule has 1 N–H and O–H groups in total. The smallest absolute Gasteiger partial charge is 0.0243 e. The highest BCUT2D eigenvalue weighted by Gasteiger charge is 2.30. The molecule has 0 saturated carbocycles. The van der Waals surface area contributed by atoms with E-state index >= 15 is 0 Å². The number of nitrogens with one attached hydrogen (secondary N) is 1. The summed E-state index contributed by atoms with van der Waals surface area (Å²) in [5, 5.41) is 3.64. The first-order chi connectivity index (χ1) is 8.32. The van der Waals surface area contributed by atoms with Gasteiger partial charge in [0.1, 0.15) is 0 Å². The van der Waals surface area contributed by atoms with E-state index in [0.29, 0.717) is 11.5 Å². The molecule has 18 heavy (non-hydrogen) atoms. The van der Waals surface area contributed by atoms with Crippen LogP contribution in [0.15, 0.2) is 0 Å². The molecule has 0 spiro atoms. The molecule has 0 aliphatic carbocycles. The average Bonchev–Trinajstić information content (AvgIpc) is 2.24. The van der Waals surface area contributed by atoms with Crippen molar-refractivity contribution in [2.75, 3.05) is 26.2 Å². The molecule has 0 aromatic carbocycles. The van der Waals surface area contributed by atoms with Crippen LogP contribution in [0.1, 0.15) is 54.4 Å². The Labute approximate surface area is 115 Å². The molecule has 1 aliphatic rings. The number of hydrogen-bond donors (Lipinski definition) is 1. The lowest BCUT2D eigenvalue weighted by Gasteiger charge is -2.42. The molecule has 0 radical (unpaired) electrons. The predicted molar refractivity (Wildman–Crippen MR) is 80.9 cm³/mol. The van der Waals surface area contributed by atoms with Gasteiger partial charge >= 0.3 is 0 Å². The lowest BCUT2D eigenvalue weighted by molar-refractivity contribution is 0.0726. The van der Waals surface area contributed by atoms with Crippen molar-refractivity contribution in [3.8, 4) is 0 Å². The lowest BCUT2D eigenvalue weighted by Crippen LogP contribution is -2.50. The number of rotatable bonds is 6. The van der Waals surface area contributed by atoms with Crippen molar-refractivity contribution in [1.29, 1.82) is 0 Å². The van der Waals surface area contributed by atoms with Gasteiger partial charge in [0.2, 0.25) is 0 Å². The third-order valence-electron chi connectivity index (χ3n) is 4.30. The van der Waals surface area contributed by atoms with Crippen molar-refractivity contribution in [1.82, 2.24) is 10.2 Å². The maximum Gasteiger partial charge on any atom is 0.0243 e. The van der Waals surface area contributed by atoms with Crippen LogP contribution in [-0.4, -0.2) is 37.1 Å². The van der Waals surface area contributed by atoms with E-state index in [4.69, 9.17) is 0 Å². The van der Waals surface area contributed by atoms with Crippen LogP contribution in [0.2, 0.25) is 0 Å². The Bertz CT molecular complexity index is 223. The van der Waals surface area contributed by atoms with Gasteiger partial charge in [0, 0.05) is 12.6 Å². The van der Waals surface area contributed by atoms with E-state index in [9.17, 15) is 0 Å². The van der Waals surface area contributed by atoms with Gasteiger partial charge in [0.25, 0.3) is 0 Å². The molecule has 2 heteroatoms. The lowest BCUT2D eigenvalue weighted by atomic mass is 9.81. The van der Waals surface area contributed by atoms with Crippen molar-refractivity contribution >= 4 is 0 Å². The molecule has 0 aromatic heterocycles. The van der Waals surface area contributed by atoms with E-state index in [-0.39, 0.29) is 0 Å². The normalized spacial score (nSPS) is 22.7. The van der Waals surface area contributed by atoms with Gasteiger partial charge in [-0.05, 0) is 49.7 Å². The topological polar surface area (TPSA) is 15.3 Å². The monoisotopic (exact) mass is 254 g/mol. The predicted octanol–water partition coefficient (Wildman–Crippen LogP) is 3.38. The summed E-state index contributed by atoms with van der Waals surface area (Å²) in [6.45, 7) is 18.9. The Morgan fingerprint density at radius 3 is 2.00 bits per heavy atom. The zero-order valence-corrected chi connectivity index (χ0v) is 13.4. The van der Waals surface area contributed by atoms with Crippen molar-refractivity contribution < 1.29 is 0 Å². The summed E-state index contributed by atoms with van der Waals surface area (Å²) >= 11 is 0. The van der Waals surface area contributed by atoms with E-state index in [1.165, 1.54) is 25.9 Å². The second-order valence-corrected chi connectivity index (χ2v) is 7.56. The summed E-state index contributed by atoms with van der Waals surface area (Å²) in [6.07, 6.45) is 2.70. The van der Waals surface area contributed by atoms with Gasteiger partial charge in [0.05, 0.1) is 0 Å². The number of likely N-dealkylation sites (tertiary alicyclic amines) is 1. The highest BCUT2D eigenvalue weighted by atomic mass is 15.2. The summed E-state index contributed by atoms with van der Waals surface area (Å²) in [5.74, 6) is 1.49. The highest BCUT2D eigenvalue weighted by molar-refractivity contribution is 4.85. The molecule has 0 aromatic rings. The maximum atomic E-state index is 3.64. The molecule has 1 rings (SSSR count). The number of piperidine rings is 1. The molecular weight excluding hydrogens is 220 g/mol. The fourth-order valence-corrected chi connectivity index (χ4v) is 2.77. The van der Waals surface area contributed by atoms with E-state index in [1.54, 1.807) is 0 Å². The minimum Gasteiger partial charge on any atom is -0.315 e. The zero-order valence-electron chi connectivity index (χ0n) is 13.4. The second kappa shape index (κ2) is 6.91. The van der Waals surface area contributed by atoms with Gasteiger partial charge in [-0.2, -0.15) is 0 Å². The minimum absolute atomic E-state index is 0.559. The van der Waals surface area contributed by atoms with Gasteiger partial charge in [-0.25, -0.2) is 0 Å². The van der Waals surface area contributed by atoms with E-state index in [2.05, 4.69) is 51.8 Å². The third kappa shape index (κ3) is 5.27. The van der Waals surface area contributed by atoms with E-state index < -0.39 is 0 Å². The van der Waals surface area contributed by atoms with Gasteiger partial charge in [0.15, 0.2) is 0 Å². The Morgan fingerprint density at radius 2 is 1.56 bits per heavy atom. The molecule has 1 saturated heterocycles. The number of hydrogen-bond acceptors (Lipinski definition) is 2. The standard InChI is InChI=1S/C16H34N2/c1-13(2)11-17-12-15(14(3)4)18-9-7-16(5,6)8-10-18/h13-15,17H,7-12H2,1-6H3. The Hall–Kier alpha value is -0.0800. The fraction of sp³-hybridized carbons (Fsp3) is 1.00.